The van der Waals surface area contributed by atoms with Crippen LogP contribution in [0, 0.1) is 6.92 Å². The molecule has 1 spiro atoms. The number of anilines is 2. The van der Waals surface area contributed by atoms with Crippen molar-refractivity contribution >= 4 is 50.7 Å². The number of esters is 1. The molecule has 1 fully saturated rings. The van der Waals surface area contributed by atoms with E-state index in [1.807, 2.05) is 0 Å². The Kier molecular flexibility index (Phi) is 5.04. The van der Waals surface area contributed by atoms with Crippen molar-refractivity contribution in [2.45, 2.75) is 38.1 Å². The first-order chi connectivity index (χ1) is 15.8. The highest BCUT2D eigenvalue weighted by Crippen LogP contribution is 2.45. The monoisotopic (exact) mass is 466 g/mol. The van der Waals surface area contributed by atoms with Crippen molar-refractivity contribution < 1.29 is 19.1 Å². The molecule has 9 nitrogen and oxygen atoms in total. The van der Waals surface area contributed by atoms with Crippen LogP contribution in [0.15, 0.2) is 35.4 Å². The molecule has 1 saturated carbocycles. The van der Waals surface area contributed by atoms with E-state index in [0.29, 0.717) is 40.0 Å². The highest BCUT2D eigenvalue weighted by molar-refractivity contribution is 7.20. The Labute approximate surface area is 193 Å². The van der Waals surface area contributed by atoms with Crippen molar-refractivity contribution in [2.24, 2.45) is 7.05 Å². The van der Waals surface area contributed by atoms with E-state index in [0.717, 1.165) is 24.2 Å². The van der Waals surface area contributed by atoms with Gasteiger partial charge in [0.15, 0.2) is 6.61 Å². The molecule has 1 aromatic carbocycles. The largest absolute Gasteiger partial charge is 0.451 e. The van der Waals surface area contributed by atoms with E-state index in [9.17, 15) is 19.2 Å². The predicted octanol–water partition coefficient (Wildman–Crippen LogP) is 2.76. The molecular weight excluding hydrogens is 444 g/mol. The lowest BCUT2D eigenvalue weighted by molar-refractivity contribution is -0.129. The van der Waals surface area contributed by atoms with Crippen LogP contribution in [0.3, 0.4) is 0 Å². The van der Waals surface area contributed by atoms with Crippen molar-refractivity contribution in [3.05, 3.63) is 51.4 Å². The lowest BCUT2D eigenvalue weighted by Gasteiger charge is -2.44. The summed E-state index contributed by atoms with van der Waals surface area (Å²) in [7, 11) is 1.59. The van der Waals surface area contributed by atoms with Crippen LogP contribution in [0.2, 0.25) is 0 Å². The number of hydrogen-bond donors (Lipinski definition) is 1. The molecule has 3 heterocycles. The van der Waals surface area contributed by atoms with Crippen LogP contribution >= 0.6 is 11.3 Å². The van der Waals surface area contributed by atoms with Gasteiger partial charge < -0.3 is 14.6 Å². The zero-order valence-electron chi connectivity index (χ0n) is 18.2. The smallest absolute Gasteiger partial charge is 0.349 e. The first kappa shape index (κ1) is 21.3. The number of benzene rings is 1. The Morgan fingerprint density at radius 1 is 1.21 bits per heavy atom. The average molecular weight is 467 g/mol. The van der Waals surface area contributed by atoms with Gasteiger partial charge in [0.1, 0.15) is 15.2 Å². The molecule has 1 aliphatic heterocycles. The van der Waals surface area contributed by atoms with Gasteiger partial charge >= 0.3 is 5.97 Å². The first-order valence-electron chi connectivity index (χ1n) is 10.7. The SMILES string of the molecule is Cc1c(C(=O)OCC(=O)N2c3ccccc3NC(=O)C23CCCC3)sc2ncn(C)c(=O)c12. The topological polar surface area (TPSA) is 111 Å². The fourth-order valence-electron chi connectivity index (χ4n) is 4.79. The molecule has 33 heavy (non-hydrogen) atoms. The Morgan fingerprint density at radius 3 is 2.70 bits per heavy atom. The number of aryl methyl sites for hydroxylation is 2. The van der Waals surface area contributed by atoms with Crippen LogP contribution in [0.25, 0.3) is 10.2 Å². The number of hydrogen-bond acceptors (Lipinski definition) is 7. The quantitative estimate of drug-likeness (QED) is 0.595. The molecule has 0 bridgehead atoms. The van der Waals surface area contributed by atoms with Crippen LogP contribution < -0.4 is 15.8 Å². The third kappa shape index (κ3) is 3.24. The number of nitrogens with zero attached hydrogens (tertiary/aromatic N) is 3. The molecule has 3 aromatic rings. The van der Waals surface area contributed by atoms with Crippen molar-refractivity contribution in [1.82, 2.24) is 9.55 Å². The standard InChI is InChI=1S/C23H22N4O5S/c1-13-17-19(24-12-26(2)20(17)29)33-18(13)21(30)32-11-16(28)27-15-8-4-3-7-14(15)25-22(31)23(27)9-5-6-10-23/h3-4,7-8,12H,5-6,9-11H2,1-2H3,(H,25,31). The van der Waals surface area contributed by atoms with Gasteiger partial charge in [-0.1, -0.05) is 25.0 Å². The molecule has 1 N–H and O–H groups in total. The van der Waals surface area contributed by atoms with E-state index in [4.69, 9.17) is 4.74 Å². The minimum atomic E-state index is -0.971. The Morgan fingerprint density at radius 2 is 1.94 bits per heavy atom. The second-order valence-corrected chi connectivity index (χ2v) is 9.41. The van der Waals surface area contributed by atoms with Crippen LogP contribution in [0.5, 0.6) is 0 Å². The number of carbonyl (C=O) groups is 3. The Balaban J connectivity index is 1.43. The summed E-state index contributed by atoms with van der Waals surface area (Å²) in [6.45, 7) is 1.15. The number of aromatic nitrogens is 2. The number of rotatable bonds is 3. The summed E-state index contributed by atoms with van der Waals surface area (Å²) in [6, 6.07) is 7.12. The van der Waals surface area contributed by atoms with E-state index < -0.39 is 24.0 Å². The summed E-state index contributed by atoms with van der Waals surface area (Å²) in [5.74, 6) is -1.36. The highest BCUT2D eigenvalue weighted by atomic mass is 32.1. The molecular formula is C23H22N4O5S. The first-order valence-corrected chi connectivity index (χ1v) is 11.5. The van der Waals surface area contributed by atoms with E-state index in [1.165, 1.54) is 15.8 Å². The van der Waals surface area contributed by atoms with Crippen molar-refractivity contribution in [3.63, 3.8) is 0 Å². The normalized spacial score (nSPS) is 16.7. The summed E-state index contributed by atoms with van der Waals surface area (Å²) in [6.07, 6.45) is 4.18. The van der Waals surface area contributed by atoms with Crippen LogP contribution in [0.4, 0.5) is 11.4 Å². The third-order valence-corrected chi connectivity index (χ3v) is 7.63. The van der Waals surface area contributed by atoms with Crippen LogP contribution in [0.1, 0.15) is 40.9 Å². The summed E-state index contributed by atoms with van der Waals surface area (Å²) in [5, 5.41) is 3.29. The maximum absolute atomic E-state index is 13.4. The van der Waals surface area contributed by atoms with Crippen molar-refractivity contribution in [2.75, 3.05) is 16.8 Å². The summed E-state index contributed by atoms with van der Waals surface area (Å²) >= 11 is 1.06. The Bertz CT molecular complexity index is 1370. The van der Waals surface area contributed by atoms with Gasteiger partial charge in [-0.2, -0.15) is 0 Å². The van der Waals surface area contributed by atoms with Crippen LogP contribution in [-0.2, 0) is 21.4 Å². The van der Waals surface area contributed by atoms with Gasteiger partial charge in [0, 0.05) is 7.05 Å². The molecule has 2 amide bonds. The molecule has 0 radical (unpaired) electrons. The van der Waals surface area contributed by atoms with E-state index in [2.05, 4.69) is 10.3 Å². The van der Waals surface area contributed by atoms with Gasteiger partial charge in [-0.25, -0.2) is 9.78 Å². The highest BCUT2D eigenvalue weighted by Gasteiger charge is 2.52. The average Bonchev–Trinajstić information content (AvgIpc) is 3.41. The molecule has 170 valence electrons. The van der Waals surface area contributed by atoms with Crippen molar-refractivity contribution in [3.8, 4) is 0 Å². The maximum Gasteiger partial charge on any atom is 0.349 e. The molecule has 0 saturated heterocycles. The van der Waals surface area contributed by atoms with Gasteiger partial charge in [0.05, 0.1) is 23.1 Å². The number of ether oxygens (including phenoxy) is 1. The van der Waals surface area contributed by atoms with Gasteiger partial charge in [0.25, 0.3) is 17.4 Å². The summed E-state index contributed by atoms with van der Waals surface area (Å²) in [5.41, 5.74) is 0.425. The summed E-state index contributed by atoms with van der Waals surface area (Å²) < 4.78 is 6.74. The lowest BCUT2D eigenvalue weighted by Crippen LogP contribution is -2.61. The second-order valence-electron chi connectivity index (χ2n) is 8.41. The van der Waals surface area contributed by atoms with Gasteiger partial charge in [-0.3, -0.25) is 19.3 Å². The number of thiophene rings is 1. The Hall–Kier alpha value is -3.53. The fourth-order valence-corrected chi connectivity index (χ4v) is 5.82. The molecule has 0 unspecified atom stereocenters. The minimum Gasteiger partial charge on any atom is -0.451 e. The number of amides is 2. The van der Waals surface area contributed by atoms with E-state index in [1.54, 1.807) is 38.2 Å². The summed E-state index contributed by atoms with van der Waals surface area (Å²) in [4.78, 5) is 58.0. The van der Waals surface area contributed by atoms with Gasteiger partial charge in [-0.15, -0.1) is 11.3 Å². The minimum absolute atomic E-state index is 0.208. The number of nitrogens with one attached hydrogen (secondary N) is 1. The van der Waals surface area contributed by atoms with Gasteiger partial charge in [-0.05, 0) is 37.5 Å². The second kappa shape index (κ2) is 7.80. The number of carbonyl (C=O) groups excluding carboxylic acids is 3. The van der Waals surface area contributed by atoms with Crippen LogP contribution in [-0.4, -0.2) is 39.5 Å². The molecule has 5 rings (SSSR count). The molecule has 0 atom stereocenters. The predicted molar refractivity (Wildman–Crippen MR) is 124 cm³/mol. The number of para-hydroxylation sites is 2. The van der Waals surface area contributed by atoms with E-state index in [-0.39, 0.29) is 16.3 Å². The lowest BCUT2D eigenvalue weighted by atomic mass is 9.90. The molecule has 10 heteroatoms. The van der Waals surface area contributed by atoms with E-state index >= 15 is 0 Å². The van der Waals surface area contributed by atoms with Gasteiger partial charge in [0.2, 0.25) is 0 Å². The van der Waals surface area contributed by atoms with Crippen molar-refractivity contribution in [1.29, 1.82) is 0 Å². The molecule has 2 aliphatic rings. The number of fused-ring (bicyclic) bond motifs is 2. The fraction of sp³-hybridized carbons (Fsp3) is 0.348. The zero-order chi connectivity index (χ0) is 23.3. The maximum atomic E-state index is 13.4. The molecule has 2 aromatic heterocycles. The zero-order valence-corrected chi connectivity index (χ0v) is 19.0. The third-order valence-electron chi connectivity index (χ3n) is 6.45. The molecule has 1 aliphatic carbocycles.